The molecule has 4 nitrogen and oxygen atoms in total. The second kappa shape index (κ2) is 9.06. The molecule has 4 heteroatoms. The summed E-state index contributed by atoms with van der Waals surface area (Å²) in [5.41, 5.74) is 1.20. The molecule has 1 atom stereocenters. The molecule has 3 aromatic rings. The van der Waals surface area contributed by atoms with Crippen LogP contribution in [0.3, 0.4) is 0 Å². The zero-order valence-corrected chi connectivity index (χ0v) is 14.1. The molecular formula is C21H23NO3. The Hall–Kier alpha value is -2.56. The van der Waals surface area contributed by atoms with Gasteiger partial charge in [0.25, 0.3) is 0 Å². The van der Waals surface area contributed by atoms with Crippen LogP contribution in [0.4, 0.5) is 0 Å². The third-order valence-corrected chi connectivity index (χ3v) is 3.86. The number of aliphatic hydroxyl groups excluding tert-OH is 1. The Morgan fingerprint density at radius 1 is 0.880 bits per heavy atom. The van der Waals surface area contributed by atoms with E-state index >= 15 is 0 Å². The highest BCUT2D eigenvalue weighted by atomic mass is 16.5. The summed E-state index contributed by atoms with van der Waals surface area (Å²) in [5, 5.41) is 10.4. The van der Waals surface area contributed by atoms with E-state index < -0.39 is 6.10 Å². The summed E-state index contributed by atoms with van der Waals surface area (Å²) < 4.78 is 11.1. The van der Waals surface area contributed by atoms with E-state index in [0.717, 1.165) is 18.1 Å². The minimum Gasteiger partial charge on any atom is -0.491 e. The van der Waals surface area contributed by atoms with Crippen molar-refractivity contribution in [2.24, 2.45) is 0 Å². The van der Waals surface area contributed by atoms with Gasteiger partial charge in [-0.25, -0.2) is 0 Å². The van der Waals surface area contributed by atoms with Gasteiger partial charge in [-0.15, -0.1) is 0 Å². The predicted molar refractivity (Wildman–Crippen MR) is 97.2 cm³/mol. The SMILES string of the molecule is O[C@H](COc1ccccc1)CN(Cc1ccccc1)Cc1ccco1. The smallest absolute Gasteiger partial charge is 0.119 e. The summed E-state index contributed by atoms with van der Waals surface area (Å²) in [6.45, 7) is 2.14. The quantitative estimate of drug-likeness (QED) is 0.646. The molecule has 0 aliphatic carbocycles. The lowest BCUT2D eigenvalue weighted by Crippen LogP contribution is -2.35. The third kappa shape index (κ3) is 5.78. The molecule has 2 aromatic carbocycles. The summed E-state index contributed by atoms with van der Waals surface area (Å²) in [6, 6.07) is 23.6. The van der Waals surface area contributed by atoms with E-state index in [1.54, 1.807) is 6.26 Å². The summed E-state index contributed by atoms with van der Waals surface area (Å²) in [7, 11) is 0. The van der Waals surface area contributed by atoms with E-state index in [4.69, 9.17) is 9.15 Å². The van der Waals surface area contributed by atoms with Gasteiger partial charge >= 0.3 is 0 Å². The maximum atomic E-state index is 10.4. The minimum atomic E-state index is -0.584. The molecule has 0 spiro atoms. The van der Waals surface area contributed by atoms with Crippen molar-refractivity contribution < 1.29 is 14.3 Å². The molecule has 25 heavy (non-hydrogen) atoms. The lowest BCUT2D eigenvalue weighted by Gasteiger charge is -2.24. The maximum absolute atomic E-state index is 10.4. The van der Waals surface area contributed by atoms with Crippen molar-refractivity contribution in [3.63, 3.8) is 0 Å². The Morgan fingerprint density at radius 3 is 2.28 bits per heavy atom. The van der Waals surface area contributed by atoms with Gasteiger partial charge in [-0.2, -0.15) is 0 Å². The molecule has 3 rings (SSSR count). The largest absolute Gasteiger partial charge is 0.491 e. The molecule has 0 saturated carbocycles. The number of hydrogen-bond donors (Lipinski definition) is 1. The summed E-state index contributed by atoms with van der Waals surface area (Å²) in [4.78, 5) is 2.16. The van der Waals surface area contributed by atoms with Gasteiger partial charge in [-0.05, 0) is 29.8 Å². The minimum absolute atomic E-state index is 0.257. The van der Waals surface area contributed by atoms with Crippen LogP contribution in [-0.4, -0.2) is 29.3 Å². The number of nitrogens with zero attached hydrogens (tertiary/aromatic N) is 1. The van der Waals surface area contributed by atoms with Crippen molar-refractivity contribution in [2.45, 2.75) is 19.2 Å². The van der Waals surface area contributed by atoms with Crippen LogP contribution in [0, 0.1) is 0 Å². The van der Waals surface area contributed by atoms with E-state index in [1.165, 1.54) is 5.56 Å². The first kappa shape index (κ1) is 17.3. The van der Waals surface area contributed by atoms with Gasteiger partial charge in [0.15, 0.2) is 0 Å². The number of ether oxygens (including phenoxy) is 1. The average Bonchev–Trinajstić information content (AvgIpc) is 3.15. The van der Waals surface area contributed by atoms with Gasteiger partial charge in [0.05, 0.1) is 12.8 Å². The molecule has 0 aliphatic heterocycles. The Bertz CT molecular complexity index is 713. The Balaban J connectivity index is 1.58. The highest BCUT2D eigenvalue weighted by Crippen LogP contribution is 2.13. The van der Waals surface area contributed by atoms with E-state index in [9.17, 15) is 5.11 Å². The van der Waals surface area contributed by atoms with Gasteiger partial charge in [0.1, 0.15) is 24.2 Å². The number of aliphatic hydroxyl groups is 1. The summed E-state index contributed by atoms with van der Waals surface area (Å²) in [6.07, 6.45) is 1.09. The van der Waals surface area contributed by atoms with Gasteiger partial charge < -0.3 is 14.3 Å². The van der Waals surface area contributed by atoms with Crippen molar-refractivity contribution >= 4 is 0 Å². The van der Waals surface area contributed by atoms with Crippen molar-refractivity contribution in [1.82, 2.24) is 4.90 Å². The average molecular weight is 337 g/mol. The standard InChI is InChI=1S/C21H23NO3/c23-19(17-25-20-10-5-2-6-11-20)15-22(16-21-12-7-13-24-21)14-18-8-3-1-4-9-18/h1-13,19,23H,14-17H2/t19-/m0/s1. The Morgan fingerprint density at radius 2 is 1.60 bits per heavy atom. The van der Waals surface area contributed by atoms with E-state index in [-0.39, 0.29) is 6.61 Å². The van der Waals surface area contributed by atoms with Crippen molar-refractivity contribution in [3.8, 4) is 5.75 Å². The molecule has 0 bridgehead atoms. The Kier molecular flexibility index (Phi) is 6.26. The number of rotatable bonds is 9. The first-order chi connectivity index (χ1) is 12.3. The third-order valence-electron chi connectivity index (χ3n) is 3.86. The second-order valence-electron chi connectivity index (χ2n) is 6.01. The second-order valence-corrected chi connectivity index (χ2v) is 6.01. The Labute approximate surface area is 148 Å². The summed E-state index contributed by atoms with van der Waals surface area (Å²) in [5.74, 6) is 1.65. The highest BCUT2D eigenvalue weighted by Gasteiger charge is 2.15. The van der Waals surface area contributed by atoms with Crippen molar-refractivity contribution in [1.29, 1.82) is 0 Å². The molecule has 0 unspecified atom stereocenters. The van der Waals surface area contributed by atoms with Gasteiger partial charge in [-0.3, -0.25) is 4.90 Å². The molecule has 0 aliphatic rings. The molecule has 0 saturated heterocycles. The zero-order chi connectivity index (χ0) is 17.3. The normalized spacial score (nSPS) is 12.2. The van der Waals surface area contributed by atoms with E-state index in [2.05, 4.69) is 17.0 Å². The fourth-order valence-electron chi connectivity index (χ4n) is 2.71. The van der Waals surface area contributed by atoms with Crippen LogP contribution < -0.4 is 4.74 Å². The van der Waals surface area contributed by atoms with Crippen LogP contribution >= 0.6 is 0 Å². The fourth-order valence-corrected chi connectivity index (χ4v) is 2.71. The first-order valence-corrected chi connectivity index (χ1v) is 8.44. The van der Waals surface area contributed by atoms with Crippen LogP contribution in [0.15, 0.2) is 83.5 Å². The lowest BCUT2D eigenvalue weighted by atomic mass is 10.2. The molecule has 1 aromatic heterocycles. The van der Waals surface area contributed by atoms with Gasteiger partial charge in [-0.1, -0.05) is 48.5 Å². The molecule has 130 valence electrons. The van der Waals surface area contributed by atoms with Crippen molar-refractivity contribution in [2.75, 3.05) is 13.2 Å². The van der Waals surface area contributed by atoms with Crippen LogP contribution in [0.2, 0.25) is 0 Å². The predicted octanol–water partition coefficient (Wildman–Crippen LogP) is 3.72. The molecule has 1 heterocycles. The monoisotopic (exact) mass is 337 g/mol. The van der Waals surface area contributed by atoms with E-state index in [0.29, 0.717) is 13.1 Å². The fraction of sp³-hybridized carbons (Fsp3) is 0.238. The zero-order valence-electron chi connectivity index (χ0n) is 14.1. The molecule has 0 amide bonds. The molecule has 0 fully saturated rings. The lowest BCUT2D eigenvalue weighted by molar-refractivity contribution is 0.0605. The van der Waals surface area contributed by atoms with Crippen molar-refractivity contribution in [3.05, 3.63) is 90.4 Å². The van der Waals surface area contributed by atoms with Gasteiger partial charge in [0, 0.05) is 13.1 Å². The van der Waals surface area contributed by atoms with Crippen LogP contribution in [0.1, 0.15) is 11.3 Å². The van der Waals surface area contributed by atoms with Crippen LogP contribution in [0.25, 0.3) is 0 Å². The topological polar surface area (TPSA) is 45.8 Å². The van der Waals surface area contributed by atoms with Crippen LogP contribution in [-0.2, 0) is 13.1 Å². The first-order valence-electron chi connectivity index (χ1n) is 8.44. The number of furan rings is 1. The molecule has 1 N–H and O–H groups in total. The number of hydrogen-bond acceptors (Lipinski definition) is 4. The molecular weight excluding hydrogens is 314 g/mol. The van der Waals surface area contributed by atoms with E-state index in [1.807, 2.05) is 60.7 Å². The maximum Gasteiger partial charge on any atom is 0.119 e. The van der Waals surface area contributed by atoms with Gasteiger partial charge in [0.2, 0.25) is 0 Å². The molecule has 0 radical (unpaired) electrons. The summed E-state index contributed by atoms with van der Waals surface area (Å²) >= 11 is 0. The van der Waals surface area contributed by atoms with Crippen LogP contribution in [0.5, 0.6) is 5.75 Å². The highest BCUT2D eigenvalue weighted by molar-refractivity contribution is 5.21. The number of para-hydroxylation sites is 1. The number of benzene rings is 2.